The van der Waals surface area contributed by atoms with Crippen LogP contribution in [0.2, 0.25) is 5.15 Å². The van der Waals surface area contributed by atoms with Crippen molar-refractivity contribution < 1.29 is 9.84 Å². The first kappa shape index (κ1) is 12.5. The van der Waals surface area contributed by atoms with Crippen molar-refractivity contribution in [3.63, 3.8) is 0 Å². The lowest BCUT2D eigenvalue weighted by atomic mass is 10.1. The van der Waals surface area contributed by atoms with E-state index in [-0.39, 0.29) is 6.10 Å². The number of ether oxygens (including phenoxy) is 1. The molecule has 1 atom stereocenters. The third kappa shape index (κ3) is 2.22. The van der Waals surface area contributed by atoms with Crippen LogP contribution in [0.4, 0.5) is 0 Å². The van der Waals surface area contributed by atoms with Crippen LogP contribution in [0.1, 0.15) is 12.1 Å². The Labute approximate surface area is 116 Å². The molecule has 1 aliphatic heterocycles. The molecule has 4 nitrogen and oxygen atoms in total. The summed E-state index contributed by atoms with van der Waals surface area (Å²) in [5.41, 5.74) is 1.89. The molecule has 0 saturated heterocycles. The minimum absolute atomic E-state index is 0.320. The van der Waals surface area contributed by atoms with Gasteiger partial charge in [-0.15, -0.1) is 0 Å². The number of halogens is 1. The fourth-order valence-corrected chi connectivity index (χ4v) is 2.74. The van der Waals surface area contributed by atoms with Gasteiger partial charge in [-0.25, -0.2) is 4.98 Å². The van der Waals surface area contributed by atoms with Crippen LogP contribution >= 0.6 is 11.6 Å². The van der Waals surface area contributed by atoms with Gasteiger partial charge in [0.25, 0.3) is 0 Å². The zero-order valence-corrected chi connectivity index (χ0v) is 11.4. The maximum absolute atomic E-state index is 9.72. The van der Waals surface area contributed by atoms with Crippen molar-refractivity contribution in [3.8, 4) is 17.1 Å². The van der Waals surface area contributed by atoms with Crippen LogP contribution in [0.25, 0.3) is 11.4 Å². The molecule has 100 valence electrons. The first-order valence-corrected chi connectivity index (χ1v) is 6.64. The highest BCUT2D eigenvalue weighted by atomic mass is 35.5. The zero-order valence-electron chi connectivity index (χ0n) is 10.6. The van der Waals surface area contributed by atoms with Crippen molar-refractivity contribution in [1.82, 2.24) is 9.55 Å². The lowest BCUT2D eigenvalue weighted by Gasteiger charge is -2.21. The molecule has 5 heteroatoms. The molecular formula is C14H15ClN2O2. The van der Waals surface area contributed by atoms with E-state index < -0.39 is 0 Å². The Hall–Kier alpha value is -1.52. The standard InChI is InChI=1S/C14H15ClN2O2/c1-19-11-4-2-3-9(7-11)14-16-13(15)12-8-10(18)5-6-17(12)14/h2-4,7,10,18H,5-6,8H2,1H3. The van der Waals surface area contributed by atoms with Gasteiger partial charge in [0, 0.05) is 18.5 Å². The maximum atomic E-state index is 9.72. The summed E-state index contributed by atoms with van der Waals surface area (Å²) in [7, 11) is 1.64. The summed E-state index contributed by atoms with van der Waals surface area (Å²) in [4.78, 5) is 4.43. The van der Waals surface area contributed by atoms with E-state index in [1.165, 1.54) is 0 Å². The average molecular weight is 279 g/mol. The fraction of sp³-hybridized carbons (Fsp3) is 0.357. The number of hydrogen-bond donors (Lipinski definition) is 1. The zero-order chi connectivity index (χ0) is 13.4. The van der Waals surface area contributed by atoms with Gasteiger partial charge in [-0.2, -0.15) is 0 Å². The van der Waals surface area contributed by atoms with E-state index in [1.807, 2.05) is 24.3 Å². The summed E-state index contributed by atoms with van der Waals surface area (Å²) in [6.07, 6.45) is 0.979. The van der Waals surface area contributed by atoms with Crippen molar-refractivity contribution in [2.45, 2.75) is 25.5 Å². The molecule has 1 aromatic carbocycles. The number of fused-ring (bicyclic) bond motifs is 1. The molecule has 0 bridgehead atoms. The van der Waals surface area contributed by atoms with Crippen molar-refractivity contribution in [3.05, 3.63) is 35.1 Å². The molecule has 2 aromatic rings. The molecule has 1 unspecified atom stereocenters. The molecule has 0 aliphatic carbocycles. The summed E-state index contributed by atoms with van der Waals surface area (Å²) < 4.78 is 7.32. The van der Waals surface area contributed by atoms with Crippen LogP contribution < -0.4 is 4.74 Å². The molecule has 0 spiro atoms. The van der Waals surface area contributed by atoms with Crippen LogP contribution in [-0.2, 0) is 13.0 Å². The molecule has 19 heavy (non-hydrogen) atoms. The number of aliphatic hydroxyl groups is 1. The van der Waals surface area contributed by atoms with Gasteiger partial charge in [0.15, 0.2) is 5.15 Å². The largest absolute Gasteiger partial charge is 0.497 e. The highest BCUT2D eigenvalue weighted by Crippen LogP contribution is 2.31. The van der Waals surface area contributed by atoms with Gasteiger partial charge in [0.1, 0.15) is 11.6 Å². The topological polar surface area (TPSA) is 47.3 Å². The number of rotatable bonds is 2. The van der Waals surface area contributed by atoms with E-state index in [1.54, 1.807) is 7.11 Å². The predicted molar refractivity (Wildman–Crippen MR) is 73.6 cm³/mol. The summed E-state index contributed by atoms with van der Waals surface area (Å²) in [5.74, 6) is 1.63. The van der Waals surface area contributed by atoms with E-state index in [2.05, 4.69) is 9.55 Å². The summed E-state index contributed by atoms with van der Waals surface area (Å²) in [6, 6.07) is 7.76. The van der Waals surface area contributed by atoms with Crippen LogP contribution in [-0.4, -0.2) is 27.9 Å². The molecular weight excluding hydrogens is 264 g/mol. The normalized spacial score (nSPS) is 18.2. The van der Waals surface area contributed by atoms with Crippen LogP contribution in [0.15, 0.2) is 24.3 Å². The minimum Gasteiger partial charge on any atom is -0.497 e. The number of imidazole rings is 1. The predicted octanol–water partition coefficient (Wildman–Crippen LogP) is 2.52. The van der Waals surface area contributed by atoms with E-state index in [0.29, 0.717) is 11.6 Å². The van der Waals surface area contributed by atoms with Crippen LogP contribution in [0.3, 0.4) is 0 Å². The summed E-state index contributed by atoms with van der Waals surface area (Å²) >= 11 is 6.18. The van der Waals surface area contributed by atoms with Gasteiger partial charge in [0.05, 0.1) is 18.9 Å². The van der Waals surface area contributed by atoms with Gasteiger partial charge in [0.2, 0.25) is 0 Å². The van der Waals surface area contributed by atoms with Gasteiger partial charge < -0.3 is 14.4 Å². The summed E-state index contributed by atoms with van der Waals surface area (Å²) in [6.45, 7) is 0.739. The summed E-state index contributed by atoms with van der Waals surface area (Å²) in [5, 5.41) is 10.2. The Kier molecular flexibility index (Phi) is 3.21. The Balaban J connectivity index is 2.08. The van der Waals surface area contributed by atoms with Crippen molar-refractivity contribution in [2.24, 2.45) is 0 Å². The van der Waals surface area contributed by atoms with Gasteiger partial charge in [-0.05, 0) is 18.6 Å². The molecule has 0 saturated carbocycles. The Bertz CT molecular complexity index is 609. The number of methoxy groups -OCH3 is 1. The number of hydrogen-bond acceptors (Lipinski definition) is 3. The van der Waals surface area contributed by atoms with Crippen molar-refractivity contribution in [2.75, 3.05) is 7.11 Å². The lowest BCUT2D eigenvalue weighted by Crippen LogP contribution is -2.23. The quantitative estimate of drug-likeness (QED) is 0.918. The van der Waals surface area contributed by atoms with Gasteiger partial charge in [-0.3, -0.25) is 0 Å². The highest BCUT2D eigenvalue weighted by Gasteiger charge is 2.24. The third-order valence-electron chi connectivity index (χ3n) is 3.47. The molecule has 0 fully saturated rings. The Morgan fingerprint density at radius 1 is 1.47 bits per heavy atom. The number of aliphatic hydroxyl groups excluding tert-OH is 1. The number of aromatic nitrogens is 2. The smallest absolute Gasteiger partial charge is 0.151 e. The first-order chi connectivity index (χ1) is 9.19. The molecule has 2 heterocycles. The average Bonchev–Trinajstić information content (AvgIpc) is 2.76. The van der Waals surface area contributed by atoms with E-state index in [4.69, 9.17) is 16.3 Å². The van der Waals surface area contributed by atoms with E-state index in [9.17, 15) is 5.11 Å². The molecule has 1 aromatic heterocycles. The van der Waals surface area contributed by atoms with E-state index in [0.717, 1.165) is 35.8 Å². The number of benzene rings is 1. The first-order valence-electron chi connectivity index (χ1n) is 6.26. The fourth-order valence-electron chi connectivity index (χ4n) is 2.48. The third-order valence-corrected chi connectivity index (χ3v) is 3.77. The second-order valence-electron chi connectivity index (χ2n) is 4.70. The van der Waals surface area contributed by atoms with Crippen LogP contribution in [0.5, 0.6) is 5.75 Å². The van der Waals surface area contributed by atoms with E-state index >= 15 is 0 Å². The monoisotopic (exact) mass is 278 g/mol. The van der Waals surface area contributed by atoms with Crippen molar-refractivity contribution in [1.29, 1.82) is 0 Å². The molecule has 3 rings (SSSR count). The number of nitrogens with zero attached hydrogens (tertiary/aromatic N) is 2. The Morgan fingerprint density at radius 2 is 2.32 bits per heavy atom. The van der Waals surface area contributed by atoms with Gasteiger partial charge in [-0.1, -0.05) is 23.7 Å². The SMILES string of the molecule is COc1cccc(-c2nc(Cl)c3n2CCC(O)C3)c1. The second-order valence-corrected chi connectivity index (χ2v) is 5.06. The Morgan fingerprint density at radius 3 is 3.11 bits per heavy atom. The molecule has 1 N–H and O–H groups in total. The lowest BCUT2D eigenvalue weighted by molar-refractivity contribution is 0.144. The molecule has 0 radical (unpaired) electrons. The second kappa shape index (κ2) is 4.87. The maximum Gasteiger partial charge on any atom is 0.151 e. The van der Waals surface area contributed by atoms with Gasteiger partial charge >= 0.3 is 0 Å². The van der Waals surface area contributed by atoms with Crippen molar-refractivity contribution >= 4 is 11.6 Å². The van der Waals surface area contributed by atoms with Crippen LogP contribution in [0, 0.1) is 0 Å². The molecule has 1 aliphatic rings. The molecule has 0 amide bonds. The highest BCUT2D eigenvalue weighted by molar-refractivity contribution is 6.30. The minimum atomic E-state index is -0.320.